The summed E-state index contributed by atoms with van der Waals surface area (Å²) >= 11 is 0. The zero-order valence-corrected chi connectivity index (χ0v) is 16.1. The second kappa shape index (κ2) is 8.72. The minimum Gasteiger partial charge on any atom is -0.456 e. The molecule has 0 spiro atoms. The number of rotatable bonds is 5. The number of nitriles is 1. The number of benzene rings is 1. The van der Waals surface area contributed by atoms with E-state index in [2.05, 4.69) is 21.6 Å². The first-order valence-electron chi connectivity index (χ1n) is 9.39. The Bertz CT molecular complexity index is 891. The first-order chi connectivity index (χ1) is 13.5. The lowest BCUT2D eigenvalue weighted by atomic mass is 10.0. The Balaban J connectivity index is 1.50. The summed E-state index contributed by atoms with van der Waals surface area (Å²) in [6.45, 7) is 5.07. The molecular weight excluding hydrogens is 356 g/mol. The lowest BCUT2D eigenvalue weighted by Crippen LogP contribution is -2.50. The Hall–Kier alpha value is -3.11. The topological polar surface area (TPSA) is 98.4 Å². The first-order valence-corrected chi connectivity index (χ1v) is 9.39. The van der Waals surface area contributed by atoms with Crippen LogP contribution in [0.2, 0.25) is 0 Å². The van der Waals surface area contributed by atoms with E-state index in [9.17, 15) is 9.59 Å². The smallest absolute Gasteiger partial charge is 0.287 e. The number of amides is 2. The summed E-state index contributed by atoms with van der Waals surface area (Å²) in [6.07, 6.45) is 1.52. The lowest BCUT2D eigenvalue weighted by molar-refractivity contribution is -0.121. The number of piperidine rings is 1. The summed E-state index contributed by atoms with van der Waals surface area (Å²) in [4.78, 5) is 26.9. The standard InChI is InChI=1S/C21H24N4O3/c1-14-7-8-19(28-14)21(27)23-17-9-11-25(12-10-17)15(2)20(26)24-18-6-4-3-5-16(18)13-22/h3-8,15,17H,9-12H2,1-2H3,(H,23,27)(H,24,26). The molecule has 2 N–H and O–H groups in total. The maximum Gasteiger partial charge on any atom is 0.287 e. The van der Waals surface area contributed by atoms with Crippen molar-refractivity contribution in [3.8, 4) is 6.07 Å². The normalized spacial score (nSPS) is 16.2. The van der Waals surface area contributed by atoms with Crippen LogP contribution in [0.25, 0.3) is 0 Å². The maximum atomic E-state index is 12.6. The van der Waals surface area contributed by atoms with E-state index < -0.39 is 0 Å². The number of furan rings is 1. The molecule has 2 amide bonds. The van der Waals surface area contributed by atoms with Crippen LogP contribution in [0, 0.1) is 18.3 Å². The zero-order valence-electron chi connectivity index (χ0n) is 16.1. The van der Waals surface area contributed by atoms with Crippen LogP contribution in [-0.4, -0.2) is 41.9 Å². The van der Waals surface area contributed by atoms with Gasteiger partial charge in [-0.1, -0.05) is 12.1 Å². The number of nitrogens with one attached hydrogen (secondary N) is 2. The molecule has 146 valence electrons. The van der Waals surface area contributed by atoms with Crippen molar-refractivity contribution in [2.75, 3.05) is 18.4 Å². The van der Waals surface area contributed by atoms with Gasteiger partial charge in [0.15, 0.2) is 5.76 Å². The van der Waals surface area contributed by atoms with Crippen molar-refractivity contribution in [1.29, 1.82) is 5.26 Å². The van der Waals surface area contributed by atoms with Crippen molar-refractivity contribution < 1.29 is 14.0 Å². The molecule has 7 heteroatoms. The number of carbonyl (C=O) groups excluding carboxylic acids is 2. The summed E-state index contributed by atoms with van der Waals surface area (Å²) in [7, 11) is 0. The van der Waals surface area contributed by atoms with Gasteiger partial charge in [-0.2, -0.15) is 5.26 Å². The molecule has 0 saturated carbocycles. The number of carbonyl (C=O) groups is 2. The number of anilines is 1. The molecule has 1 fully saturated rings. The molecule has 1 saturated heterocycles. The van der Waals surface area contributed by atoms with E-state index in [1.807, 2.05) is 6.92 Å². The van der Waals surface area contributed by atoms with Crippen LogP contribution in [0.3, 0.4) is 0 Å². The summed E-state index contributed by atoms with van der Waals surface area (Å²) in [6, 6.07) is 12.2. The van der Waals surface area contributed by atoms with Crippen molar-refractivity contribution >= 4 is 17.5 Å². The van der Waals surface area contributed by atoms with Gasteiger partial charge in [-0.25, -0.2) is 0 Å². The van der Waals surface area contributed by atoms with Crippen molar-refractivity contribution in [2.45, 2.75) is 38.8 Å². The third kappa shape index (κ3) is 4.59. The SMILES string of the molecule is Cc1ccc(C(=O)NC2CCN(C(C)C(=O)Nc3ccccc3C#N)CC2)o1. The van der Waals surface area contributed by atoms with Crippen LogP contribution in [0.1, 0.15) is 41.6 Å². The molecule has 1 aliphatic rings. The molecule has 0 bridgehead atoms. The van der Waals surface area contributed by atoms with Crippen LogP contribution in [0.5, 0.6) is 0 Å². The summed E-state index contributed by atoms with van der Waals surface area (Å²) in [5.41, 5.74) is 0.968. The molecule has 1 aliphatic heterocycles. The molecule has 0 aliphatic carbocycles. The van der Waals surface area contributed by atoms with Gasteiger partial charge in [0.1, 0.15) is 11.8 Å². The Kier molecular flexibility index (Phi) is 6.12. The van der Waals surface area contributed by atoms with Gasteiger partial charge < -0.3 is 15.1 Å². The van der Waals surface area contributed by atoms with E-state index in [1.165, 1.54) is 0 Å². The molecule has 2 aromatic rings. The molecule has 2 heterocycles. The second-order valence-electron chi connectivity index (χ2n) is 7.02. The van der Waals surface area contributed by atoms with Crippen molar-refractivity contribution in [3.63, 3.8) is 0 Å². The van der Waals surface area contributed by atoms with Crippen LogP contribution in [0.15, 0.2) is 40.8 Å². The van der Waals surface area contributed by atoms with E-state index in [4.69, 9.17) is 9.68 Å². The van der Waals surface area contributed by atoms with Gasteiger partial charge in [-0.3, -0.25) is 14.5 Å². The predicted octanol–water partition coefficient (Wildman–Crippen LogP) is 2.68. The van der Waals surface area contributed by atoms with Crippen molar-refractivity contribution in [1.82, 2.24) is 10.2 Å². The van der Waals surface area contributed by atoms with E-state index in [1.54, 1.807) is 43.3 Å². The predicted molar refractivity (Wildman–Crippen MR) is 105 cm³/mol. The van der Waals surface area contributed by atoms with Crippen LogP contribution in [-0.2, 0) is 4.79 Å². The minimum atomic E-state index is -0.323. The maximum absolute atomic E-state index is 12.6. The van der Waals surface area contributed by atoms with Gasteiger partial charge in [0.2, 0.25) is 5.91 Å². The Morgan fingerprint density at radius 3 is 2.57 bits per heavy atom. The molecule has 28 heavy (non-hydrogen) atoms. The second-order valence-corrected chi connectivity index (χ2v) is 7.02. The van der Waals surface area contributed by atoms with E-state index in [0.29, 0.717) is 35.9 Å². The average molecular weight is 380 g/mol. The molecule has 3 rings (SSSR count). The number of para-hydroxylation sites is 1. The van der Waals surface area contributed by atoms with Gasteiger partial charge in [-0.15, -0.1) is 0 Å². The fourth-order valence-corrected chi connectivity index (χ4v) is 3.34. The summed E-state index contributed by atoms with van der Waals surface area (Å²) in [5.74, 6) is 0.684. The number of aryl methyl sites for hydroxylation is 1. The van der Waals surface area contributed by atoms with Gasteiger partial charge >= 0.3 is 0 Å². The molecule has 1 atom stereocenters. The van der Waals surface area contributed by atoms with Gasteiger partial charge in [0.25, 0.3) is 5.91 Å². The third-order valence-corrected chi connectivity index (χ3v) is 5.06. The van der Waals surface area contributed by atoms with Gasteiger partial charge in [-0.05, 0) is 51.0 Å². The lowest BCUT2D eigenvalue weighted by Gasteiger charge is -2.35. The molecule has 7 nitrogen and oxygen atoms in total. The molecule has 0 radical (unpaired) electrons. The highest BCUT2D eigenvalue weighted by Crippen LogP contribution is 2.18. The highest BCUT2D eigenvalue weighted by molar-refractivity contribution is 5.95. The van der Waals surface area contributed by atoms with E-state index >= 15 is 0 Å². The van der Waals surface area contributed by atoms with E-state index in [-0.39, 0.29) is 23.9 Å². The third-order valence-electron chi connectivity index (χ3n) is 5.06. The minimum absolute atomic E-state index is 0.0590. The molecule has 1 unspecified atom stereocenters. The quantitative estimate of drug-likeness (QED) is 0.831. The Morgan fingerprint density at radius 1 is 1.21 bits per heavy atom. The van der Waals surface area contributed by atoms with Gasteiger partial charge in [0.05, 0.1) is 17.3 Å². The number of hydrogen-bond donors (Lipinski definition) is 2. The molecule has 1 aromatic carbocycles. The number of hydrogen-bond acceptors (Lipinski definition) is 5. The van der Waals surface area contributed by atoms with Gasteiger partial charge in [0, 0.05) is 19.1 Å². The van der Waals surface area contributed by atoms with E-state index in [0.717, 1.165) is 12.8 Å². The van der Waals surface area contributed by atoms with Crippen molar-refractivity contribution in [2.24, 2.45) is 0 Å². The van der Waals surface area contributed by atoms with Crippen LogP contribution in [0.4, 0.5) is 5.69 Å². The Morgan fingerprint density at radius 2 is 1.93 bits per heavy atom. The molecular formula is C21H24N4O3. The Labute approximate surface area is 164 Å². The summed E-state index contributed by atoms with van der Waals surface area (Å²) in [5, 5.41) is 15.0. The average Bonchev–Trinajstić information content (AvgIpc) is 3.15. The highest BCUT2D eigenvalue weighted by atomic mass is 16.3. The zero-order chi connectivity index (χ0) is 20.1. The molecule has 1 aromatic heterocycles. The highest BCUT2D eigenvalue weighted by Gasteiger charge is 2.28. The fraction of sp³-hybridized carbons (Fsp3) is 0.381. The summed E-state index contributed by atoms with van der Waals surface area (Å²) < 4.78 is 5.35. The number of likely N-dealkylation sites (tertiary alicyclic amines) is 1. The monoisotopic (exact) mass is 380 g/mol. The van der Waals surface area contributed by atoms with Crippen molar-refractivity contribution in [3.05, 3.63) is 53.5 Å². The largest absolute Gasteiger partial charge is 0.456 e. The fourth-order valence-electron chi connectivity index (χ4n) is 3.34. The first kappa shape index (κ1) is 19.6. The number of nitrogens with zero attached hydrogens (tertiary/aromatic N) is 2. The van der Waals surface area contributed by atoms with Crippen LogP contribution < -0.4 is 10.6 Å². The van der Waals surface area contributed by atoms with Crippen LogP contribution >= 0.6 is 0 Å².